The zero-order valence-corrected chi connectivity index (χ0v) is 8.82. The molecule has 0 amide bonds. The number of hydrogen-bond acceptors (Lipinski definition) is 2. The molecule has 2 unspecified atom stereocenters. The first-order valence-electron chi connectivity index (χ1n) is 4.72. The van der Waals surface area contributed by atoms with Crippen LogP contribution in [0, 0.1) is 11.6 Å². The topological polar surface area (TPSA) is 43.1 Å². The molecule has 0 fully saturated rings. The van der Waals surface area contributed by atoms with Crippen LogP contribution in [0.4, 0.5) is 8.78 Å². The van der Waals surface area contributed by atoms with E-state index in [-0.39, 0.29) is 4.90 Å². The van der Waals surface area contributed by atoms with Crippen LogP contribution in [0.15, 0.2) is 17.0 Å². The van der Waals surface area contributed by atoms with E-state index < -0.39 is 28.5 Å². The fraction of sp³-hybridized carbons (Fsp3) is 0.400. The Morgan fingerprint density at radius 3 is 2.87 bits per heavy atom. The van der Waals surface area contributed by atoms with Crippen molar-refractivity contribution in [3.63, 3.8) is 0 Å². The molecule has 0 saturated heterocycles. The van der Waals surface area contributed by atoms with Crippen LogP contribution in [0.5, 0.6) is 0 Å². The molecule has 0 bridgehead atoms. The second-order valence-corrected chi connectivity index (χ2v) is 5.11. The van der Waals surface area contributed by atoms with E-state index in [2.05, 4.69) is 0 Å². The highest BCUT2D eigenvalue weighted by Crippen LogP contribution is 2.30. The molecule has 0 saturated carbocycles. The van der Waals surface area contributed by atoms with Gasteiger partial charge in [0.15, 0.2) is 0 Å². The van der Waals surface area contributed by atoms with Gasteiger partial charge in [-0.25, -0.2) is 8.78 Å². The van der Waals surface area contributed by atoms with Gasteiger partial charge in [0.1, 0.15) is 11.6 Å². The van der Waals surface area contributed by atoms with Crippen molar-refractivity contribution >= 4 is 10.8 Å². The SMILES string of the molecule is NC1CCCS(=O)c2c(F)cc(F)cc21. The summed E-state index contributed by atoms with van der Waals surface area (Å²) < 4.78 is 38.1. The van der Waals surface area contributed by atoms with E-state index in [4.69, 9.17) is 5.73 Å². The molecule has 1 aromatic rings. The summed E-state index contributed by atoms with van der Waals surface area (Å²) in [6.45, 7) is 0. The van der Waals surface area contributed by atoms with E-state index >= 15 is 0 Å². The molecule has 0 radical (unpaired) electrons. The number of hydrogen-bond donors (Lipinski definition) is 1. The van der Waals surface area contributed by atoms with E-state index in [1.807, 2.05) is 0 Å². The van der Waals surface area contributed by atoms with Gasteiger partial charge < -0.3 is 5.73 Å². The first-order chi connectivity index (χ1) is 7.09. The van der Waals surface area contributed by atoms with Crippen LogP contribution in [-0.2, 0) is 10.8 Å². The van der Waals surface area contributed by atoms with Crippen molar-refractivity contribution in [2.45, 2.75) is 23.8 Å². The normalized spacial score (nSPS) is 25.8. The second kappa shape index (κ2) is 3.98. The Hall–Kier alpha value is -0.810. The zero-order chi connectivity index (χ0) is 11.0. The van der Waals surface area contributed by atoms with Gasteiger partial charge in [-0.2, -0.15) is 0 Å². The van der Waals surface area contributed by atoms with Crippen molar-refractivity contribution in [3.05, 3.63) is 29.3 Å². The number of benzene rings is 1. The van der Waals surface area contributed by atoms with Crippen LogP contribution in [0.3, 0.4) is 0 Å². The Labute approximate surface area is 88.9 Å². The maximum atomic E-state index is 13.4. The summed E-state index contributed by atoms with van der Waals surface area (Å²) in [5.41, 5.74) is 6.13. The van der Waals surface area contributed by atoms with Crippen LogP contribution in [-0.4, -0.2) is 9.96 Å². The lowest BCUT2D eigenvalue weighted by Crippen LogP contribution is -2.12. The highest BCUT2D eigenvalue weighted by molar-refractivity contribution is 7.85. The summed E-state index contributed by atoms with van der Waals surface area (Å²) in [6.07, 6.45) is 1.28. The fourth-order valence-electron chi connectivity index (χ4n) is 1.79. The van der Waals surface area contributed by atoms with Gasteiger partial charge in [0.2, 0.25) is 0 Å². The standard InChI is InChI=1S/C10H11F2NOS/c11-6-4-7-9(13)2-1-3-15(14)10(7)8(12)5-6/h4-5,9H,1-3,13H2. The van der Waals surface area contributed by atoms with Crippen LogP contribution in [0.1, 0.15) is 24.4 Å². The summed E-state index contributed by atoms with van der Waals surface area (Å²) in [5.74, 6) is -1.02. The number of nitrogens with two attached hydrogens (primary N) is 1. The summed E-state index contributed by atoms with van der Waals surface area (Å²) in [7, 11) is -1.39. The monoisotopic (exact) mass is 231 g/mol. The largest absolute Gasteiger partial charge is 0.324 e. The molecule has 2 atom stereocenters. The Bertz CT molecular complexity index is 422. The van der Waals surface area contributed by atoms with E-state index in [1.165, 1.54) is 6.07 Å². The van der Waals surface area contributed by atoms with Crippen molar-refractivity contribution in [2.24, 2.45) is 5.73 Å². The number of fused-ring (bicyclic) bond motifs is 1. The molecule has 2 N–H and O–H groups in total. The van der Waals surface area contributed by atoms with Gasteiger partial charge in [-0.3, -0.25) is 4.21 Å². The third-order valence-corrected chi connectivity index (χ3v) is 4.05. The molecule has 0 aromatic heterocycles. The minimum Gasteiger partial charge on any atom is -0.324 e. The maximum Gasteiger partial charge on any atom is 0.142 e. The summed E-state index contributed by atoms with van der Waals surface area (Å²) >= 11 is 0. The van der Waals surface area contributed by atoms with Crippen molar-refractivity contribution < 1.29 is 13.0 Å². The Balaban J connectivity index is 2.64. The van der Waals surface area contributed by atoms with E-state index in [0.29, 0.717) is 24.2 Å². The van der Waals surface area contributed by atoms with E-state index in [9.17, 15) is 13.0 Å². The molecule has 15 heavy (non-hydrogen) atoms. The van der Waals surface area contributed by atoms with Crippen molar-refractivity contribution in [3.8, 4) is 0 Å². The van der Waals surface area contributed by atoms with Crippen LogP contribution in [0.25, 0.3) is 0 Å². The van der Waals surface area contributed by atoms with Gasteiger partial charge in [0, 0.05) is 17.9 Å². The van der Waals surface area contributed by atoms with Crippen molar-refractivity contribution in [1.29, 1.82) is 0 Å². The quantitative estimate of drug-likeness (QED) is 0.740. The van der Waals surface area contributed by atoms with Crippen LogP contribution >= 0.6 is 0 Å². The summed E-state index contributed by atoms with van der Waals surface area (Å²) in [4.78, 5) is 0.0846. The number of rotatable bonds is 0. The Morgan fingerprint density at radius 2 is 2.13 bits per heavy atom. The smallest absolute Gasteiger partial charge is 0.142 e. The first-order valence-corrected chi connectivity index (χ1v) is 6.04. The van der Waals surface area contributed by atoms with Crippen LogP contribution < -0.4 is 5.73 Å². The molecule has 5 heteroatoms. The summed E-state index contributed by atoms with van der Waals surface area (Å²) in [5, 5.41) is 0. The van der Waals surface area contributed by atoms with E-state index in [1.54, 1.807) is 0 Å². The molecule has 82 valence electrons. The van der Waals surface area contributed by atoms with Gasteiger partial charge >= 0.3 is 0 Å². The van der Waals surface area contributed by atoms with E-state index in [0.717, 1.165) is 6.07 Å². The van der Waals surface area contributed by atoms with Gasteiger partial charge in [-0.05, 0) is 24.5 Å². The molecular weight excluding hydrogens is 220 g/mol. The molecule has 0 spiro atoms. The summed E-state index contributed by atoms with van der Waals surface area (Å²) in [6, 6.07) is 1.53. The maximum absolute atomic E-state index is 13.4. The van der Waals surface area contributed by atoms with Crippen molar-refractivity contribution in [2.75, 3.05) is 5.75 Å². The number of halogens is 2. The molecule has 2 nitrogen and oxygen atoms in total. The lowest BCUT2D eigenvalue weighted by molar-refractivity contribution is 0.544. The predicted molar refractivity (Wildman–Crippen MR) is 53.8 cm³/mol. The van der Waals surface area contributed by atoms with Crippen LogP contribution in [0.2, 0.25) is 0 Å². The lowest BCUT2D eigenvalue weighted by Gasteiger charge is -2.12. The highest BCUT2D eigenvalue weighted by atomic mass is 32.2. The average Bonchev–Trinajstić information content (AvgIpc) is 2.27. The van der Waals surface area contributed by atoms with Gasteiger partial charge in [-0.1, -0.05) is 0 Å². The third kappa shape index (κ3) is 1.94. The molecule has 0 aliphatic carbocycles. The molecule has 1 aromatic carbocycles. The highest BCUT2D eigenvalue weighted by Gasteiger charge is 2.24. The minimum atomic E-state index is -1.39. The van der Waals surface area contributed by atoms with Gasteiger partial charge in [0.05, 0.1) is 15.7 Å². The van der Waals surface area contributed by atoms with Gasteiger partial charge in [-0.15, -0.1) is 0 Å². The first kappa shape index (κ1) is 10.7. The fourth-order valence-corrected chi connectivity index (χ4v) is 3.17. The molecule has 1 aliphatic rings. The molecule has 1 heterocycles. The molecular formula is C10H11F2NOS. The average molecular weight is 231 g/mol. The van der Waals surface area contributed by atoms with Gasteiger partial charge in [0.25, 0.3) is 0 Å². The predicted octanol–water partition coefficient (Wildman–Crippen LogP) is 1.87. The minimum absolute atomic E-state index is 0.0846. The molecule has 2 rings (SSSR count). The Morgan fingerprint density at radius 1 is 1.40 bits per heavy atom. The Kier molecular flexibility index (Phi) is 2.84. The van der Waals surface area contributed by atoms with Crippen molar-refractivity contribution in [1.82, 2.24) is 0 Å². The lowest BCUT2D eigenvalue weighted by atomic mass is 10.0. The third-order valence-electron chi connectivity index (χ3n) is 2.51. The molecule has 1 aliphatic heterocycles. The zero-order valence-electron chi connectivity index (χ0n) is 8.00. The second-order valence-electron chi connectivity index (χ2n) is 3.60.